The molecular formula is C32H35N5O. The molecule has 1 aliphatic carbocycles. The van der Waals surface area contributed by atoms with Crippen LogP contribution in [0.1, 0.15) is 49.7 Å². The number of amides is 1. The predicted octanol–water partition coefficient (Wildman–Crippen LogP) is 5.21. The Hall–Kier alpha value is -3.82. The van der Waals surface area contributed by atoms with Crippen LogP contribution in [0.15, 0.2) is 60.8 Å². The van der Waals surface area contributed by atoms with Crippen molar-refractivity contribution in [1.82, 2.24) is 10.3 Å². The van der Waals surface area contributed by atoms with E-state index in [2.05, 4.69) is 56.0 Å². The summed E-state index contributed by atoms with van der Waals surface area (Å²) in [5.74, 6) is 3.66. The molecule has 6 heteroatoms. The predicted molar refractivity (Wildman–Crippen MR) is 154 cm³/mol. The molecule has 3 atom stereocenters. The Morgan fingerprint density at radius 3 is 2.68 bits per heavy atom. The lowest BCUT2D eigenvalue weighted by molar-refractivity contribution is -0.115. The minimum absolute atomic E-state index is 0.0573. The molecule has 1 saturated heterocycles. The molecule has 6 nitrogen and oxygen atoms in total. The second-order valence-electron chi connectivity index (χ2n) is 10.8. The highest BCUT2D eigenvalue weighted by Crippen LogP contribution is 2.35. The van der Waals surface area contributed by atoms with E-state index in [0.717, 1.165) is 53.3 Å². The Kier molecular flexibility index (Phi) is 7.02. The van der Waals surface area contributed by atoms with Crippen LogP contribution in [0.4, 0.5) is 17.2 Å². The molecule has 0 bridgehead atoms. The zero-order chi connectivity index (χ0) is 25.9. The van der Waals surface area contributed by atoms with Gasteiger partial charge in [0.2, 0.25) is 5.91 Å². The number of piperidine rings is 1. The summed E-state index contributed by atoms with van der Waals surface area (Å²) in [7, 11) is 0. The maximum absolute atomic E-state index is 12.0. The summed E-state index contributed by atoms with van der Waals surface area (Å²) in [6.45, 7) is 2.09. The van der Waals surface area contributed by atoms with Crippen LogP contribution in [0, 0.1) is 12.3 Å². The standard InChI is InChI=1S/C32H35N5O/c1-2-22-12-14-26(15-13-22)37-18-6-8-25(21-37)34-28-10-3-4-11-29(28)35-30-19-23(16-17-33-30)27-9-5-7-24-20-31(38)36-32(24)27/h1,5,7,9,12-17,19,25,28-29,34H,3-4,6,8,10-11,18,20-21H2,(H,33,35)(H,36,38)/t25?,28-,29?/m1/s1. The molecule has 2 fully saturated rings. The van der Waals surface area contributed by atoms with Crippen molar-refractivity contribution in [3.8, 4) is 23.5 Å². The van der Waals surface area contributed by atoms with Crippen molar-refractivity contribution in [2.75, 3.05) is 28.6 Å². The van der Waals surface area contributed by atoms with Crippen molar-refractivity contribution in [3.05, 3.63) is 71.9 Å². The zero-order valence-electron chi connectivity index (χ0n) is 21.7. The first-order chi connectivity index (χ1) is 18.7. The molecule has 3 aromatic rings. The van der Waals surface area contributed by atoms with Gasteiger partial charge < -0.3 is 20.9 Å². The highest BCUT2D eigenvalue weighted by molar-refractivity contribution is 6.03. The van der Waals surface area contributed by atoms with Gasteiger partial charge in [-0.2, -0.15) is 0 Å². The van der Waals surface area contributed by atoms with Crippen LogP contribution in [0.5, 0.6) is 0 Å². The Labute approximate surface area is 225 Å². The highest BCUT2D eigenvalue weighted by Gasteiger charge is 2.30. The number of rotatable bonds is 6. The second kappa shape index (κ2) is 10.9. The van der Waals surface area contributed by atoms with Crippen LogP contribution in [-0.4, -0.2) is 42.1 Å². The molecule has 2 unspecified atom stereocenters. The number of nitrogens with one attached hydrogen (secondary N) is 3. The molecule has 38 heavy (non-hydrogen) atoms. The molecule has 1 saturated carbocycles. The van der Waals surface area contributed by atoms with E-state index < -0.39 is 0 Å². The summed E-state index contributed by atoms with van der Waals surface area (Å²) in [5, 5.41) is 10.8. The molecule has 2 aliphatic heterocycles. The molecule has 1 amide bonds. The number of carbonyl (C=O) groups is 1. The summed E-state index contributed by atoms with van der Waals surface area (Å²) in [4.78, 5) is 19.1. The molecule has 2 aromatic carbocycles. The van der Waals surface area contributed by atoms with E-state index >= 15 is 0 Å². The average Bonchev–Trinajstić information content (AvgIpc) is 3.35. The lowest BCUT2D eigenvalue weighted by Gasteiger charge is -2.40. The van der Waals surface area contributed by atoms with Crippen molar-refractivity contribution in [2.45, 2.75) is 63.1 Å². The van der Waals surface area contributed by atoms with E-state index in [1.165, 1.54) is 37.8 Å². The second-order valence-corrected chi connectivity index (χ2v) is 10.8. The molecule has 3 heterocycles. The number of hydrogen-bond donors (Lipinski definition) is 3. The number of anilines is 3. The number of fused-ring (bicyclic) bond motifs is 1. The van der Waals surface area contributed by atoms with Gasteiger partial charge in [0.15, 0.2) is 0 Å². The molecule has 0 spiro atoms. The lowest BCUT2D eigenvalue weighted by Crippen LogP contribution is -2.54. The fraction of sp³-hybridized carbons (Fsp3) is 0.375. The number of carbonyl (C=O) groups excluding carboxylic acids is 1. The van der Waals surface area contributed by atoms with Crippen molar-refractivity contribution >= 4 is 23.1 Å². The van der Waals surface area contributed by atoms with E-state index in [1.54, 1.807) is 0 Å². The average molecular weight is 506 g/mol. The first kappa shape index (κ1) is 24.5. The Morgan fingerprint density at radius 1 is 1.00 bits per heavy atom. The van der Waals surface area contributed by atoms with Crippen LogP contribution >= 0.6 is 0 Å². The molecule has 6 rings (SSSR count). The van der Waals surface area contributed by atoms with Gasteiger partial charge in [-0.3, -0.25) is 4.79 Å². The van der Waals surface area contributed by atoms with Crippen LogP contribution in [-0.2, 0) is 11.2 Å². The van der Waals surface area contributed by atoms with E-state index in [9.17, 15) is 4.79 Å². The summed E-state index contributed by atoms with van der Waals surface area (Å²) in [6, 6.07) is 19.8. The summed E-state index contributed by atoms with van der Waals surface area (Å²) in [6.07, 6.45) is 15.0. The minimum atomic E-state index is 0.0573. The number of benzene rings is 2. The normalized spacial score (nSPS) is 22.9. The van der Waals surface area contributed by atoms with Gasteiger partial charge in [-0.15, -0.1) is 6.42 Å². The van der Waals surface area contributed by atoms with Crippen LogP contribution in [0.25, 0.3) is 11.1 Å². The Bertz CT molecular complexity index is 1340. The van der Waals surface area contributed by atoms with E-state index in [-0.39, 0.29) is 5.91 Å². The van der Waals surface area contributed by atoms with Crippen molar-refractivity contribution < 1.29 is 4.79 Å². The Morgan fingerprint density at radius 2 is 1.84 bits per heavy atom. The van der Waals surface area contributed by atoms with Crippen molar-refractivity contribution in [1.29, 1.82) is 0 Å². The van der Waals surface area contributed by atoms with Crippen molar-refractivity contribution in [2.24, 2.45) is 0 Å². The summed E-state index contributed by atoms with van der Waals surface area (Å²) >= 11 is 0. The quantitative estimate of drug-likeness (QED) is 0.402. The number of aromatic nitrogens is 1. The van der Waals surface area contributed by atoms with Crippen LogP contribution < -0.4 is 20.9 Å². The van der Waals surface area contributed by atoms with Crippen molar-refractivity contribution in [3.63, 3.8) is 0 Å². The number of pyridine rings is 1. The van der Waals surface area contributed by atoms with E-state index in [0.29, 0.717) is 24.5 Å². The third kappa shape index (κ3) is 5.25. The van der Waals surface area contributed by atoms with Crippen LogP contribution in [0.2, 0.25) is 0 Å². The van der Waals surface area contributed by atoms with Gasteiger partial charge in [0.25, 0.3) is 0 Å². The fourth-order valence-electron chi connectivity index (χ4n) is 6.28. The Balaban J connectivity index is 1.14. The largest absolute Gasteiger partial charge is 0.370 e. The zero-order valence-corrected chi connectivity index (χ0v) is 21.7. The number of para-hydroxylation sites is 1. The smallest absolute Gasteiger partial charge is 0.228 e. The summed E-state index contributed by atoms with van der Waals surface area (Å²) < 4.78 is 0. The number of hydrogen-bond acceptors (Lipinski definition) is 5. The minimum Gasteiger partial charge on any atom is -0.370 e. The van der Waals surface area contributed by atoms with Gasteiger partial charge in [0.05, 0.1) is 12.1 Å². The van der Waals surface area contributed by atoms with Gasteiger partial charge >= 0.3 is 0 Å². The molecule has 0 radical (unpaired) electrons. The number of nitrogens with zero attached hydrogens (tertiary/aromatic N) is 2. The third-order valence-corrected chi connectivity index (χ3v) is 8.21. The van der Waals surface area contributed by atoms with Gasteiger partial charge in [-0.1, -0.05) is 37.0 Å². The molecular weight excluding hydrogens is 470 g/mol. The van der Waals surface area contributed by atoms with Gasteiger partial charge in [-0.25, -0.2) is 4.98 Å². The lowest BCUT2D eigenvalue weighted by atomic mass is 9.89. The number of terminal acetylenes is 1. The monoisotopic (exact) mass is 505 g/mol. The fourth-order valence-corrected chi connectivity index (χ4v) is 6.28. The highest BCUT2D eigenvalue weighted by atomic mass is 16.1. The molecule has 194 valence electrons. The van der Waals surface area contributed by atoms with Gasteiger partial charge in [-0.05, 0) is 73.2 Å². The molecule has 3 N–H and O–H groups in total. The van der Waals surface area contributed by atoms with E-state index in [4.69, 9.17) is 6.42 Å². The van der Waals surface area contributed by atoms with Crippen LogP contribution in [0.3, 0.4) is 0 Å². The maximum atomic E-state index is 12.0. The first-order valence-electron chi connectivity index (χ1n) is 13.9. The molecule has 1 aromatic heterocycles. The topological polar surface area (TPSA) is 69.3 Å². The SMILES string of the molecule is C#Cc1ccc(N2CCCC(N[C@@H]3CCCCC3Nc3cc(-c4cccc5c4NC(=O)C5)ccn3)C2)cc1. The summed E-state index contributed by atoms with van der Waals surface area (Å²) in [5.41, 5.74) is 6.29. The maximum Gasteiger partial charge on any atom is 0.228 e. The third-order valence-electron chi connectivity index (χ3n) is 8.21. The first-order valence-corrected chi connectivity index (χ1v) is 13.9. The molecule has 3 aliphatic rings. The van der Waals surface area contributed by atoms with Gasteiger partial charge in [0.1, 0.15) is 5.82 Å². The van der Waals surface area contributed by atoms with E-state index in [1.807, 2.05) is 36.5 Å². The van der Waals surface area contributed by atoms with Gasteiger partial charge in [0, 0.05) is 54.2 Å².